The lowest BCUT2D eigenvalue weighted by atomic mass is 10.2. The first-order valence-electron chi connectivity index (χ1n) is 3.59. The molecule has 1 aromatic carbocycles. The zero-order valence-corrected chi connectivity index (χ0v) is 9.49. The number of hydrogen-bond acceptors (Lipinski definition) is 1. The predicted molar refractivity (Wildman–Crippen MR) is 59.5 cm³/mol. The highest BCUT2D eigenvalue weighted by Gasteiger charge is 2.05. The first-order chi connectivity index (χ1) is 6.18. The summed E-state index contributed by atoms with van der Waals surface area (Å²) in [6, 6.07) is 7.25. The number of nitrogens with zero attached hydrogens (tertiary/aromatic N) is 1. The van der Waals surface area contributed by atoms with Crippen LogP contribution in [0, 0.1) is 0 Å². The van der Waals surface area contributed by atoms with Gasteiger partial charge in [-0.3, -0.25) is 0 Å². The van der Waals surface area contributed by atoms with Gasteiger partial charge in [-0.15, -0.1) is 0 Å². The van der Waals surface area contributed by atoms with Crippen LogP contribution in [0.15, 0.2) is 28.9 Å². The lowest BCUT2D eigenvalue weighted by molar-refractivity contribution is 1.35. The Morgan fingerprint density at radius 2 is 1.92 bits per heavy atom. The number of aromatic nitrogens is 1. The molecule has 0 aliphatic rings. The van der Waals surface area contributed by atoms with Crippen molar-refractivity contribution in [3.05, 3.63) is 38.9 Å². The second kappa shape index (κ2) is 3.45. The smallest absolute Gasteiger partial charge is 0.108 e. The molecule has 2 aromatic rings. The van der Waals surface area contributed by atoms with Crippen LogP contribution >= 0.6 is 39.1 Å². The van der Waals surface area contributed by atoms with Crippen molar-refractivity contribution in [3.8, 4) is 0 Å². The number of hydrogen-bond donors (Lipinski definition) is 0. The van der Waals surface area contributed by atoms with Crippen LogP contribution in [-0.4, -0.2) is 4.98 Å². The van der Waals surface area contributed by atoms with Crippen molar-refractivity contribution in [2.24, 2.45) is 0 Å². The van der Waals surface area contributed by atoms with Gasteiger partial charge in [-0.05, 0) is 34.1 Å². The van der Waals surface area contributed by atoms with Gasteiger partial charge in [0.05, 0.1) is 15.6 Å². The summed E-state index contributed by atoms with van der Waals surface area (Å²) in [5.74, 6) is 0. The second-order valence-corrected chi connectivity index (χ2v) is 4.19. The average molecular weight is 277 g/mol. The summed E-state index contributed by atoms with van der Waals surface area (Å²) < 4.78 is 0.715. The molecule has 0 N–H and O–H groups in total. The molecule has 2 rings (SSSR count). The molecule has 0 aliphatic heterocycles. The van der Waals surface area contributed by atoms with E-state index in [1.807, 2.05) is 12.1 Å². The van der Waals surface area contributed by atoms with Crippen LogP contribution in [0.5, 0.6) is 0 Å². The molecule has 66 valence electrons. The second-order valence-electron chi connectivity index (χ2n) is 2.56. The van der Waals surface area contributed by atoms with Crippen molar-refractivity contribution in [2.45, 2.75) is 0 Å². The molecular formula is C9H4BrCl2N. The van der Waals surface area contributed by atoms with Gasteiger partial charge in [-0.2, -0.15) is 0 Å². The molecule has 0 fully saturated rings. The molecule has 4 heteroatoms. The van der Waals surface area contributed by atoms with Gasteiger partial charge in [-0.25, -0.2) is 4.98 Å². The maximum absolute atomic E-state index is 6.01. The highest BCUT2D eigenvalue weighted by atomic mass is 79.9. The zero-order valence-electron chi connectivity index (χ0n) is 6.39. The first kappa shape index (κ1) is 9.25. The Balaban J connectivity index is 2.94. The van der Waals surface area contributed by atoms with E-state index in [9.17, 15) is 0 Å². The van der Waals surface area contributed by atoms with Gasteiger partial charge in [0.15, 0.2) is 0 Å². The first-order valence-corrected chi connectivity index (χ1v) is 5.13. The van der Waals surface area contributed by atoms with Crippen molar-refractivity contribution in [2.75, 3.05) is 0 Å². The Labute approximate surface area is 93.8 Å². The normalized spacial score (nSPS) is 10.7. The highest BCUT2D eigenvalue weighted by Crippen LogP contribution is 2.30. The topological polar surface area (TPSA) is 12.9 Å². The van der Waals surface area contributed by atoms with E-state index in [-0.39, 0.29) is 0 Å². The molecule has 0 spiro atoms. The maximum atomic E-state index is 6.01. The van der Waals surface area contributed by atoms with E-state index in [1.165, 1.54) is 0 Å². The molecule has 0 bridgehead atoms. The summed E-state index contributed by atoms with van der Waals surface area (Å²) in [6.07, 6.45) is 0. The van der Waals surface area contributed by atoms with Crippen molar-refractivity contribution in [1.29, 1.82) is 0 Å². The van der Waals surface area contributed by atoms with Gasteiger partial charge in [0.1, 0.15) is 4.60 Å². The summed E-state index contributed by atoms with van der Waals surface area (Å²) in [6.45, 7) is 0. The molecule has 0 saturated carbocycles. The van der Waals surface area contributed by atoms with E-state index >= 15 is 0 Å². The molecule has 1 nitrogen and oxygen atoms in total. The molecule has 0 atom stereocenters. The van der Waals surface area contributed by atoms with Gasteiger partial charge in [0.25, 0.3) is 0 Å². The molecule has 0 amide bonds. The number of benzene rings is 1. The lowest BCUT2D eigenvalue weighted by Crippen LogP contribution is -1.82. The van der Waals surface area contributed by atoms with Gasteiger partial charge in [0, 0.05) is 5.39 Å². The zero-order chi connectivity index (χ0) is 9.42. The van der Waals surface area contributed by atoms with Gasteiger partial charge in [0.2, 0.25) is 0 Å². The Bertz CT molecular complexity index is 470. The predicted octanol–water partition coefficient (Wildman–Crippen LogP) is 4.30. The number of fused-ring (bicyclic) bond motifs is 1. The summed E-state index contributed by atoms with van der Waals surface area (Å²) >= 11 is 15.3. The van der Waals surface area contributed by atoms with E-state index in [0.717, 1.165) is 10.9 Å². The minimum atomic E-state index is 0.613. The van der Waals surface area contributed by atoms with Gasteiger partial charge >= 0.3 is 0 Å². The van der Waals surface area contributed by atoms with Gasteiger partial charge in [-0.1, -0.05) is 29.3 Å². The van der Waals surface area contributed by atoms with E-state index < -0.39 is 0 Å². The van der Waals surface area contributed by atoms with Gasteiger partial charge < -0.3 is 0 Å². The van der Waals surface area contributed by atoms with Crippen LogP contribution in [0.4, 0.5) is 0 Å². The van der Waals surface area contributed by atoms with E-state index in [4.69, 9.17) is 23.2 Å². The Morgan fingerprint density at radius 1 is 1.15 bits per heavy atom. The lowest BCUT2D eigenvalue weighted by Gasteiger charge is -2.02. The molecule has 0 unspecified atom stereocenters. The van der Waals surface area contributed by atoms with E-state index in [1.54, 1.807) is 12.1 Å². The fourth-order valence-corrected chi connectivity index (χ4v) is 2.34. The summed E-state index contributed by atoms with van der Waals surface area (Å²) in [4.78, 5) is 4.25. The van der Waals surface area contributed by atoms with Crippen LogP contribution in [0.25, 0.3) is 10.9 Å². The van der Waals surface area contributed by atoms with Crippen molar-refractivity contribution >= 4 is 50.0 Å². The highest BCUT2D eigenvalue weighted by molar-refractivity contribution is 9.10. The van der Waals surface area contributed by atoms with E-state index in [0.29, 0.717) is 14.6 Å². The Morgan fingerprint density at radius 3 is 2.69 bits per heavy atom. The third-order valence-corrected chi connectivity index (χ3v) is 2.72. The molecule has 0 saturated heterocycles. The number of rotatable bonds is 0. The quantitative estimate of drug-likeness (QED) is 0.654. The van der Waals surface area contributed by atoms with Crippen LogP contribution in [0.3, 0.4) is 0 Å². The molecule has 1 heterocycles. The third-order valence-electron chi connectivity index (χ3n) is 1.70. The van der Waals surface area contributed by atoms with Crippen molar-refractivity contribution < 1.29 is 0 Å². The Kier molecular flexibility index (Phi) is 2.45. The molecule has 1 aromatic heterocycles. The minimum absolute atomic E-state index is 0.613. The van der Waals surface area contributed by atoms with Crippen LogP contribution in [0.2, 0.25) is 10.0 Å². The van der Waals surface area contributed by atoms with Crippen molar-refractivity contribution in [1.82, 2.24) is 4.98 Å². The van der Waals surface area contributed by atoms with Crippen LogP contribution < -0.4 is 0 Å². The minimum Gasteiger partial charge on any atom is -0.241 e. The summed E-state index contributed by atoms with van der Waals surface area (Å²) in [7, 11) is 0. The average Bonchev–Trinajstić information content (AvgIpc) is 2.02. The number of halogens is 3. The third kappa shape index (κ3) is 1.66. The maximum Gasteiger partial charge on any atom is 0.108 e. The standard InChI is InChI=1S/C9H4BrCl2N/c10-8-4-6(12)9-5(11)2-1-3-7(9)13-8/h1-4H. The molecule has 13 heavy (non-hydrogen) atoms. The Hall–Kier alpha value is -0.310. The summed E-state index contributed by atoms with van der Waals surface area (Å²) in [5.41, 5.74) is 0.798. The van der Waals surface area contributed by atoms with Crippen LogP contribution in [-0.2, 0) is 0 Å². The fourth-order valence-electron chi connectivity index (χ4n) is 1.17. The molecular weight excluding hydrogens is 273 g/mol. The monoisotopic (exact) mass is 275 g/mol. The molecule has 0 aliphatic carbocycles. The number of pyridine rings is 1. The summed E-state index contributed by atoms with van der Waals surface area (Å²) in [5, 5.41) is 2.04. The molecule has 0 radical (unpaired) electrons. The van der Waals surface area contributed by atoms with E-state index in [2.05, 4.69) is 20.9 Å². The van der Waals surface area contributed by atoms with Crippen molar-refractivity contribution in [3.63, 3.8) is 0 Å². The van der Waals surface area contributed by atoms with Crippen LogP contribution in [0.1, 0.15) is 0 Å². The SMILES string of the molecule is Clc1cccc2nc(Br)cc(Cl)c12. The largest absolute Gasteiger partial charge is 0.241 e. The fraction of sp³-hybridized carbons (Fsp3) is 0.